The van der Waals surface area contributed by atoms with Gasteiger partial charge in [-0.3, -0.25) is 9.48 Å². The molecular formula is C26H32N6O4. The topological polar surface area (TPSA) is 123 Å². The molecule has 0 amide bonds. The summed E-state index contributed by atoms with van der Waals surface area (Å²) < 4.78 is 1.55. The van der Waals surface area contributed by atoms with E-state index in [-0.39, 0.29) is 11.7 Å². The van der Waals surface area contributed by atoms with Crippen molar-refractivity contribution in [2.75, 3.05) is 0 Å². The lowest BCUT2D eigenvalue weighted by atomic mass is 9.84. The highest BCUT2D eigenvalue weighted by Gasteiger charge is 2.60. The van der Waals surface area contributed by atoms with Gasteiger partial charge in [-0.2, -0.15) is 10.2 Å². The molecule has 36 heavy (non-hydrogen) atoms. The molecule has 2 aromatic carbocycles. The summed E-state index contributed by atoms with van der Waals surface area (Å²) in [4.78, 5) is 0. The largest absolute Gasteiger partial charge is 0.714 e. The van der Waals surface area contributed by atoms with Crippen molar-refractivity contribution in [3.63, 3.8) is 0 Å². The molecule has 4 rings (SSSR count). The first-order valence-electron chi connectivity index (χ1n) is 11.8. The van der Waals surface area contributed by atoms with Gasteiger partial charge in [0.05, 0.1) is 22.5 Å². The highest BCUT2D eigenvalue weighted by Crippen LogP contribution is 2.38. The minimum atomic E-state index is -0.886. The van der Waals surface area contributed by atoms with E-state index in [0.717, 1.165) is 19.6 Å². The van der Waals surface area contributed by atoms with Crippen molar-refractivity contribution >= 4 is 23.0 Å². The molecule has 2 aromatic rings. The van der Waals surface area contributed by atoms with Crippen LogP contribution in [0.25, 0.3) is 0 Å². The minimum Gasteiger partial charge on any atom is -0.714 e. The Balaban J connectivity index is 1.53. The van der Waals surface area contributed by atoms with Crippen LogP contribution in [0.2, 0.25) is 0 Å². The fourth-order valence-corrected chi connectivity index (χ4v) is 4.16. The van der Waals surface area contributed by atoms with E-state index < -0.39 is 22.2 Å². The summed E-state index contributed by atoms with van der Waals surface area (Å²) in [6.07, 6.45) is 0. The van der Waals surface area contributed by atoms with Gasteiger partial charge in [-0.05, 0) is 104 Å². The SMILES string of the molecule is CC1(C)N([O])C(c2ccc(N=Nc3ccc(C4=[N+]([O-])C(C)(C)C(C)(C)N4[O])cc3)cc2)=[N+]([O-])C1(C)C. The Hall–Kier alpha value is -3.50. The van der Waals surface area contributed by atoms with E-state index in [2.05, 4.69) is 10.2 Å². The van der Waals surface area contributed by atoms with Crippen LogP contribution < -0.4 is 0 Å². The molecule has 2 aliphatic heterocycles. The fraction of sp³-hybridized carbons (Fsp3) is 0.462. The van der Waals surface area contributed by atoms with Gasteiger partial charge < -0.3 is 10.4 Å². The van der Waals surface area contributed by atoms with Crippen LogP contribution >= 0.6 is 0 Å². The zero-order valence-corrected chi connectivity index (χ0v) is 21.9. The van der Waals surface area contributed by atoms with Gasteiger partial charge in [-0.1, -0.05) is 10.1 Å². The first-order chi connectivity index (χ1) is 16.5. The summed E-state index contributed by atoms with van der Waals surface area (Å²) in [5, 5.41) is 61.3. The molecule has 10 heteroatoms. The van der Waals surface area contributed by atoms with Gasteiger partial charge in [-0.25, -0.2) is 0 Å². The molecule has 0 spiro atoms. The third-order valence-corrected chi connectivity index (χ3v) is 8.33. The second-order valence-corrected chi connectivity index (χ2v) is 11.4. The van der Waals surface area contributed by atoms with E-state index in [1.165, 1.54) is 0 Å². The van der Waals surface area contributed by atoms with Crippen LogP contribution in [0.5, 0.6) is 0 Å². The average molecular weight is 493 g/mol. The standard InChI is InChI=1S/C26H32N6O4/c1-23(2)24(3,4)30(34)21(29(23)33)17-9-13-19(14-10-17)27-28-20-15-11-18(12-16-20)22-31(35)25(5,6)26(7,8)32(22)36/h9-16H,1-8H3. The number of hydrogen-bond donors (Lipinski definition) is 0. The average Bonchev–Trinajstić information content (AvgIpc) is 3.02. The van der Waals surface area contributed by atoms with Crippen molar-refractivity contribution in [1.29, 1.82) is 0 Å². The first-order valence-corrected chi connectivity index (χ1v) is 11.8. The fourth-order valence-electron chi connectivity index (χ4n) is 4.16. The molecule has 0 fully saturated rings. The van der Waals surface area contributed by atoms with E-state index in [9.17, 15) is 20.8 Å². The summed E-state index contributed by atoms with van der Waals surface area (Å²) in [6.45, 7) is 14.0. The summed E-state index contributed by atoms with van der Waals surface area (Å²) in [5.41, 5.74) is -1.45. The van der Waals surface area contributed by atoms with E-state index in [1.54, 1.807) is 104 Å². The van der Waals surface area contributed by atoms with Gasteiger partial charge in [0.25, 0.3) is 0 Å². The molecule has 0 aliphatic carbocycles. The molecule has 0 aromatic heterocycles. The van der Waals surface area contributed by atoms with Crippen LogP contribution in [-0.4, -0.2) is 53.4 Å². The minimum absolute atomic E-state index is 0.0691. The van der Waals surface area contributed by atoms with E-state index >= 15 is 0 Å². The van der Waals surface area contributed by atoms with Gasteiger partial charge in [-0.15, -0.1) is 0 Å². The Morgan fingerprint density at radius 3 is 1.08 bits per heavy atom. The van der Waals surface area contributed by atoms with Gasteiger partial charge >= 0.3 is 11.7 Å². The van der Waals surface area contributed by atoms with Gasteiger partial charge in [0, 0.05) is 10.4 Å². The number of hydrogen-bond acceptors (Lipinski definition) is 6. The van der Waals surface area contributed by atoms with Crippen molar-refractivity contribution in [3.05, 3.63) is 70.1 Å². The number of nitrogens with zero attached hydrogens (tertiary/aromatic N) is 6. The Kier molecular flexibility index (Phi) is 5.69. The van der Waals surface area contributed by atoms with E-state index in [4.69, 9.17) is 0 Å². The normalized spacial score (nSPS) is 22.3. The Morgan fingerprint density at radius 2 is 0.861 bits per heavy atom. The number of rotatable bonds is 4. The molecule has 0 N–H and O–H groups in total. The second-order valence-electron chi connectivity index (χ2n) is 11.4. The van der Waals surface area contributed by atoms with Crippen LogP contribution in [0.3, 0.4) is 0 Å². The number of amidine groups is 2. The molecule has 0 unspecified atom stereocenters. The van der Waals surface area contributed by atoms with Crippen LogP contribution in [0, 0.1) is 10.4 Å². The summed E-state index contributed by atoms with van der Waals surface area (Å²) in [5.74, 6) is 0.138. The number of benzene rings is 2. The Labute approximate surface area is 211 Å². The Bertz CT molecular complexity index is 1180. The van der Waals surface area contributed by atoms with Crippen LogP contribution in [0.15, 0.2) is 58.8 Å². The van der Waals surface area contributed by atoms with Gasteiger partial charge in [0.15, 0.2) is 11.1 Å². The third-order valence-electron chi connectivity index (χ3n) is 8.33. The van der Waals surface area contributed by atoms with E-state index in [0.29, 0.717) is 22.5 Å². The zero-order chi connectivity index (χ0) is 26.8. The van der Waals surface area contributed by atoms with Crippen LogP contribution in [0.4, 0.5) is 11.4 Å². The highest BCUT2D eigenvalue weighted by molar-refractivity contribution is 5.96. The van der Waals surface area contributed by atoms with Crippen LogP contribution in [0.1, 0.15) is 66.5 Å². The lowest BCUT2D eigenvalue weighted by molar-refractivity contribution is -0.539. The van der Waals surface area contributed by atoms with Gasteiger partial charge in [0.1, 0.15) is 11.1 Å². The zero-order valence-electron chi connectivity index (χ0n) is 21.9. The van der Waals surface area contributed by atoms with Crippen molar-refractivity contribution < 1.29 is 19.9 Å². The molecule has 2 aliphatic rings. The van der Waals surface area contributed by atoms with Crippen molar-refractivity contribution in [3.8, 4) is 0 Å². The summed E-state index contributed by atoms with van der Waals surface area (Å²) in [6, 6.07) is 13.4. The van der Waals surface area contributed by atoms with Crippen molar-refractivity contribution in [1.82, 2.24) is 10.1 Å². The lowest BCUT2D eigenvalue weighted by Crippen LogP contribution is -2.53. The quantitative estimate of drug-likeness (QED) is 0.336. The molecule has 10 nitrogen and oxygen atoms in total. The smallest absolute Gasteiger partial charge is 0.316 e. The molecular weight excluding hydrogens is 460 g/mol. The summed E-state index contributed by atoms with van der Waals surface area (Å²) >= 11 is 0. The Morgan fingerprint density at radius 1 is 0.583 bits per heavy atom. The van der Waals surface area contributed by atoms with Crippen molar-refractivity contribution in [2.24, 2.45) is 10.2 Å². The molecule has 190 valence electrons. The molecule has 2 radical (unpaired) electrons. The molecule has 0 saturated carbocycles. The predicted molar refractivity (Wildman–Crippen MR) is 134 cm³/mol. The monoisotopic (exact) mass is 492 g/mol. The molecule has 0 saturated heterocycles. The summed E-state index contributed by atoms with van der Waals surface area (Å²) in [7, 11) is 0. The molecule has 0 atom stereocenters. The van der Waals surface area contributed by atoms with Crippen molar-refractivity contribution in [2.45, 2.75) is 77.5 Å². The maximum Gasteiger partial charge on any atom is 0.316 e. The number of hydroxylamine groups is 6. The number of azo groups is 1. The molecule has 0 bridgehead atoms. The maximum absolute atomic E-state index is 12.8. The predicted octanol–water partition coefficient (Wildman–Crippen LogP) is 5.05. The third kappa shape index (κ3) is 3.47. The second kappa shape index (κ2) is 8.01. The molecule has 2 heterocycles. The van der Waals surface area contributed by atoms with E-state index in [1.807, 2.05) is 0 Å². The van der Waals surface area contributed by atoms with Crippen LogP contribution in [-0.2, 0) is 10.4 Å². The lowest BCUT2D eigenvalue weighted by Gasteiger charge is -2.32. The van der Waals surface area contributed by atoms with Gasteiger partial charge in [0.2, 0.25) is 0 Å². The highest BCUT2D eigenvalue weighted by atomic mass is 16.5. The first kappa shape index (κ1) is 25.6. The maximum atomic E-state index is 12.8.